The van der Waals surface area contributed by atoms with E-state index in [9.17, 15) is 14.3 Å². The SMILES string of the molecule is CCCCC/C=C\C/C=C\C/C=C\C/C=C\C/C=C\CCC(=O)OC(CO/C=C/CCCCCCCCCCCCCCCC)COP(=O)(O)OCCN. The second-order valence-electron chi connectivity index (χ2n) is 13.9. The highest BCUT2D eigenvalue weighted by molar-refractivity contribution is 7.47. The quantitative estimate of drug-likeness (QED) is 0.0208. The van der Waals surface area contributed by atoms with E-state index in [4.69, 9.17) is 24.3 Å². The molecule has 0 rings (SSSR count). The molecule has 0 aliphatic carbocycles. The summed E-state index contributed by atoms with van der Waals surface area (Å²) in [7, 11) is -4.31. The summed E-state index contributed by atoms with van der Waals surface area (Å²) in [5, 5.41) is 0. The molecular weight excluding hydrogens is 697 g/mol. The zero-order valence-corrected chi connectivity index (χ0v) is 35.3. The third-order valence-corrected chi connectivity index (χ3v) is 9.69. The number of ether oxygens (including phenoxy) is 2. The Labute approximate surface area is 331 Å². The molecule has 8 nitrogen and oxygen atoms in total. The average Bonchev–Trinajstić information content (AvgIpc) is 3.16. The summed E-state index contributed by atoms with van der Waals surface area (Å²) >= 11 is 0. The Morgan fingerprint density at radius 1 is 0.574 bits per heavy atom. The van der Waals surface area contributed by atoms with Crippen LogP contribution in [0.3, 0.4) is 0 Å². The normalized spacial score (nSPS) is 14.1. The minimum absolute atomic E-state index is 0.000224. The maximum absolute atomic E-state index is 12.5. The van der Waals surface area contributed by atoms with Crippen LogP contribution in [0.4, 0.5) is 0 Å². The van der Waals surface area contributed by atoms with Gasteiger partial charge in [-0.25, -0.2) is 4.57 Å². The maximum atomic E-state index is 12.5. The van der Waals surface area contributed by atoms with E-state index in [2.05, 4.69) is 62.5 Å². The zero-order valence-electron chi connectivity index (χ0n) is 34.4. The molecule has 0 radical (unpaired) electrons. The van der Waals surface area contributed by atoms with Gasteiger partial charge in [0.1, 0.15) is 6.61 Å². The van der Waals surface area contributed by atoms with Gasteiger partial charge >= 0.3 is 13.8 Å². The summed E-state index contributed by atoms with van der Waals surface area (Å²) < 4.78 is 33.1. The Kier molecular flexibility index (Phi) is 40.2. The van der Waals surface area contributed by atoms with Crippen LogP contribution in [0.25, 0.3) is 0 Å². The van der Waals surface area contributed by atoms with Gasteiger partial charge in [-0.1, -0.05) is 171 Å². The summed E-state index contributed by atoms with van der Waals surface area (Å²) in [6.45, 7) is 4.12. The van der Waals surface area contributed by atoms with Crippen molar-refractivity contribution >= 4 is 13.8 Å². The monoisotopic (exact) mass is 778 g/mol. The minimum Gasteiger partial charge on any atom is -0.498 e. The number of rotatable bonds is 40. The van der Waals surface area contributed by atoms with Crippen LogP contribution in [-0.2, 0) is 27.9 Å². The lowest BCUT2D eigenvalue weighted by molar-refractivity contribution is -0.153. The van der Waals surface area contributed by atoms with Crippen molar-refractivity contribution < 1.29 is 32.8 Å². The average molecular weight is 778 g/mol. The van der Waals surface area contributed by atoms with E-state index in [-0.39, 0.29) is 32.8 Å². The van der Waals surface area contributed by atoms with Crippen molar-refractivity contribution in [3.05, 3.63) is 73.1 Å². The van der Waals surface area contributed by atoms with Crippen LogP contribution >= 0.6 is 7.82 Å². The van der Waals surface area contributed by atoms with E-state index >= 15 is 0 Å². The predicted molar refractivity (Wildman–Crippen MR) is 228 cm³/mol. The van der Waals surface area contributed by atoms with Gasteiger partial charge in [0.15, 0.2) is 6.10 Å². The second-order valence-corrected chi connectivity index (χ2v) is 15.4. The maximum Gasteiger partial charge on any atom is 0.472 e. The fourth-order valence-electron chi connectivity index (χ4n) is 5.53. The van der Waals surface area contributed by atoms with Crippen LogP contribution in [-0.4, -0.2) is 43.3 Å². The highest BCUT2D eigenvalue weighted by Crippen LogP contribution is 2.43. The van der Waals surface area contributed by atoms with Crippen molar-refractivity contribution in [3.8, 4) is 0 Å². The number of unbranched alkanes of at least 4 members (excludes halogenated alkanes) is 17. The molecule has 2 unspecified atom stereocenters. The molecule has 0 saturated heterocycles. The highest BCUT2D eigenvalue weighted by atomic mass is 31.2. The number of esters is 1. The molecule has 3 N–H and O–H groups in total. The fraction of sp³-hybridized carbons (Fsp3) is 0.711. The summed E-state index contributed by atoms with van der Waals surface area (Å²) in [6.07, 6.45) is 53.1. The number of carbonyl (C=O) groups excluding carboxylic acids is 1. The van der Waals surface area contributed by atoms with E-state index in [1.165, 1.54) is 109 Å². The van der Waals surface area contributed by atoms with Gasteiger partial charge in [-0.3, -0.25) is 13.8 Å². The second kappa shape index (κ2) is 41.9. The Hall–Kier alpha value is -2.22. The number of phosphoric acid groups is 1. The summed E-state index contributed by atoms with van der Waals surface area (Å²) in [6, 6.07) is 0. The molecule has 0 bridgehead atoms. The molecule has 0 heterocycles. The first-order valence-corrected chi connectivity index (χ1v) is 23.0. The van der Waals surface area contributed by atoms with Crippen LogP contribution in [0.1, 0.15) is 174 Å². The third kappa shape index (κ3) is 41.0. The largest absolute Gasteiger partial charge is 0.498 e. The summed E-state index contributed by atoms with van der Waals surface area (Å²) in [5.41, 5.74) is 5.35. The molecule has 312 valence electrons. The van der Waals surface area contributed by atoms with Crippen LogP contribution in [0.15, 0.2) is 73.1 Å². The van der Waals surface area contributed by atoms with Crippen LogP contribution < -0.4 is 5.73 Å². The number of hydrogen-bond acceptors (Lipinski definition) is 7. The number of allylic oxidation sites excluding steroid dienone is 11. The van der Waals surface area contributed by atoms with Gasteiger partial charge in [0, 0.05) is 13.0 Å². The van der Waals surface area contributed by atoms with Crippen LogP contribution in [0.2, 0.25) is 0 Å². The van der Waals surface area contributed by atoms with Crippen molar-refractivity contribution in [1.29, 1.82) is 0 Å². The van der Waals surface area contributed by atoms with Gasteiger partial charge in [-0.15, -0.1) is 0 Å². The first-order chi connectivity index (χ1) is 26.4. The van der Waals surface area contributed by atoms with Crippen LogP contribution in [0.5, 0.6) is 0 Å². The molecule has 0 saturated carbocycles. The molecule has 0 aromatic rings. The van der Waals surface area contributed by atoms with Gasteiger partial charge in [-0.2, -0.15) is 0 Å². The van der Waals surface area contributed by atoms with E-state index in [0.717, 1.165) is 38.5 Å². The standard InChI is InChI=1S/C45H80NO7P/c1-3-5-7-9-11-13-15-17-19-21-22-23-24-26-28-30-32-34-36-38-45(47)53-44(43-52-54(48,49)51-41-39-46)42-50-40-37-35-33-31-29-27-25-20-18-16-14-12-10-8-6-4-2/h11,13,17,19,22-23,26,28,32,34,37,40,44H,3-10,12,14-16,18,20-21,24-25,27,29-31,33,35-36,38-39,41-43,46H2,1-2H3,(H,48,49)/b13-11-,19-17-,23-22-,28-26-,34-32-,40-37+. The smallest absolute Gasteiger partial charge is 0.472 e. The van der Waals surface area contributed by atoms with Crippen molar-refractivity contribution in [2.24, 2.45) is 5.73 Å². The van der Waals surface area contributed by atoms with Gasteiger partial charge in [0.2, 0.25) is 0 Å². The Morgan fingerprint density at radius 2 is 1.00 bits per heavy atom. The topological polar surface area (TPSA) is 117 Å². The molecule has 0 aliphatic rings. The number of phosphoric ester groups is 1. The number of nitrogens with two attached hydrogens (primary N) is 1. The highest BCUT2D eigenvalue weighted by Gasteiger charge is 2.25. The summed E-state index contributed by atoms with van der Waals surface area (Å²) in [5.74, 6) is -0.434. The van der Waals surface area contributed by atoms with Crippen molar-refractivity contribution in [2.75, 3.05) is 26.4 Å². The van der Waals surface area contributed by atoms with Crippen molar-refractivity contribution in [3.63, 3.8) is 0 Å². The molecule has 2 atom stereocenters. The molecule has 0 spiro atoms. The molecular formula is C45H80NO7P. The van der Waals surface area contributed by atoms with E-state index in [1.54, 1.807) is 6.26 Å². The Morgan fingerprint density at radius 3 is 1.52 bits per heavy atom. The Bertz CT molecular complexity index is 1050. The molecule has 0 aromatic heterocycles. The lowest BCUT2D eigenvalue weighted by Gasteiger charge is -2.19. The lowest BCUT2D eigenvalue weighted by atomic mass is 10.0. The van der Waals surface area contributed by atoms with Crippen molar-refractivity contribution in [2.45, 2.75) is 180 Å². The van der Waals surface area contributed by atoms with E-state index in [1.807, 2.05) is 18.2 Å². The lowest BCUT2D eigenvalue weighted by Crippen LogP contribution is -2.27. The van der Waals surface area contributed by atoms with E-state index in [0.29, 0.717) is 6.42 Å². The molecule has 9 heteroatoms. The first-order valence-electron chi connectivity index (χ1n) is 21.5. The molecule has 0 amide bonds. The van der Waals surface area contributed by atoms with E-state index < -0.39 is 19.9 Å². The number of carbonyl (C=O) groups is 1. The van der Waals surface area contributed by atoms with Gasteiger partial charge < -0.3 is 20.1 Å². The van der Waals surface area contributed by atoms with Gasteiger partial charge in [-0.05, 0) is 63.9 Å². The van der Waals surface area contributed by atoms with Crippen molar-refractivity contribution in [1.82, 2.24) is 0 Å². The number of hydrogen-bond donors (Lipinski definition) is 2. The third-order valence-electron chi connectivity index (χ3n) is 8.70. The molecule has 0 aromatic carbocycles. The molecule has 0 aliphatic heterocycles. The van der Waals surface area contributed by atoms with Gasteiger partial charge in [0.25, 0.3) is 0 Å². The fourth-order valence-corrected chi connectivity index (χ4v) is 6.30. The first kappa shape index (κ1) is 51.8. The molecule has 0 fully saturated rings. The molecule has 54 heavy (non-hydrogen) atoms. The predicted octanol–water partition coefficient (Wildman–Crippen LogP) is 13.1. The zero-order chi connectivity index (χ0) is 39.5. The summed E-state index contributed by atoms with van der Waals surface area (Å²) in [4.78, 5) is 22.4. The van der Waals surface area contributed by atoms with Gasteiger partial charge in [0.05, 0.1) is 19.5 Å². The Balaban J connectivity index is 4.23. The van der Waals surface area contributed by atoms with Crippen LogP contribution in [0, 0.1) is 0 Å². The minimum atomic E-state index is -4.31.